The highest BCUT2D eigenvalue weighted by atomic mass is 16.5. The van der Waals surface area contributed by atoms with Crippen LogP contribution >= 0.6 is 0 Å². The number of nitrogens with one attached hydrogen (secondary N) is 3. The first-order valence-electron chi connectivity index (χ1n) is 15.1. The summed E-state index contributed by atoms with van der Waals surface area (Å²) in [5.74, 6) is -1.69. The van der Waals surface area contributed by atoms with Gasteiger partial charge < -0.3 is 30.6 Å². The van der Waals surface area contributed by atoms with Crippen molar-refractivity contribution in [3.05, 3.63) is 96.1 Å². The van der Waals surface area contributed by atoms with Gasteiger partial charge in [0.1, 0.15) is 24.5 Å². The summed E-state index contributed by atoms with van der Waals surface area (Å²) >= 11 is 0. The molecule has 0 aliphatic rings. The average molecular weight is 602 g/mol. The van der Waals surface area contributed by atoms with Crippen LogP contribution in [0.2, 0.25) is 0 Å². The fraction of sp³-hybridized carbons (Fsp3) is 0.371. The molecule has 3 rings (SSSR count). The maximum atomic E-state index is 13.1. The number of aldehydes is 1. The number of aliphatic hydroxyl groups excluding tert-OH is 1. The Labute approximate surface area is 259 Å². The van der Waals surface area contributed by atoms with Gasteiger partial charge in [-0.2, -0.15) is 0 Å². The minimum absolute atomic E-state index is 0.0534. The summed E-state index contributed by atoms with van der Waals surface area (Å²) in [6.07, 6.45) is 2.73. The molecule has 0 aliphatic heterocycles. The lowest BCUT2D eigenvalue weighted by molar-refractivity contribution is -0.129. The van der Waals surface area contributed by atoms with E-state index in [-0.39, 0.29) is 31.9 Å². The molecule has 4 N–H and O–H groups in total. The number of amides is 3. The van der Waals surface area contributed by atoms with Crippen molar-refractivity contribution in [3.8, 4) is 11.1 Å². The SMILES string of the molecule is CCCCCC(=O)N[C@](C=O)(Cc1ccccc1-c1ccccc1)C(CO)CNC(=O)[C@H](C)NC(=O)OCc1ccccc1. The summed E-state index contributed by atoms with van der Waals surface area (Å²) in [5.41, 5.74) is 1.95. The zero-order valence-electron chi connectivity index (χ0n) is 25.5. The molecule has 3 aromatic carbocycles. The lowest BCUT2D eigenvalue weighted by Gasteiger charge is -2.37. The molecule has 0 aliphatic carbocycles. The van der Waals surface area contributed by atoms with Crippen molar-refractivity contribution in [2.75, 3.05) is 13.2 Å². The molecule has 0 bridgehead atoms. The topological polar surface area (TPSA) is 134 Å². The predicted molar refractivity (Wildman–Crippen MR) is 169 cm³/mol. The number of carbonyl (C=O) groups excluding carboxylic acids is 4. The van der Waals surface area contributed by atoms with Crippen LogP contribution in [0, 0.1) is 5.92 Å². The lowest BCUT2D eigenvalue weighted by Crippen LogP contribution is -2.61. The zero-order valence-corrected chi connectivity index (χ0v) is 25.5. The van der Waals surface area contributed by atoms with Gasteiger partial charge in [0.25, 0.3) is 0 Å². The van der Waals surface area contributed by atoms with Crippen molar-refractivity contribution < 1.29 is 29.0 Å². The molecule has 0 heterocycles. The van der Waals surface area contributed by atoms with Crippen LogP contribution in [0.15, 0.2) is 84.9 Å². The standard InChI is InChI=1S/C35H43N3O6/c1-3-4-7-20-32(41)38-35(25-40,21-29-18-12-13-19-31(29)28-16-10-6-11-17-28)30(23-39)22-36-33(42)26(2)37-34(43)44-24-27-14-8-5-9-15-27/h5-6,8-19,25-26,30,39H,3-4,7,20-24H2,1-2H3,(H,36,42)(H,37,43)(H,38,41)/t26-,30?,35-/m0/s1. The molecule has 3 atom stereocenters. The second-order valence-corrected chi connectivity index (χ2v) is 10.9. The third-order valence-corrected chi connectivity index (χ3v) is 7.59. The Morgan fingerprint density at radius 2 is 1.59 bits per heavy atom. The van der Waals surface area contributed by atoms with Gasteiger partial charge >= 0.3 is 6.09 Å². The van der Waals surface area contributed by atoms with Gasteiger partial charge in [0, 0.05) is 25.3 Å². The van der Waals surface area contributed by atoms with Gasteiger partial charge in [-0.3, -0.25) is 9.59 Å². The fourth-order valence-electron chi connectivity index (χ4n) is 5.00. The zero-order chi connectivity index (χ0) is 31.8. The number of aliphatic hydroxyl groups is 1. The van der Waals surface area contributed by atoms with Crippen molar-refractivity contribution in [2.24, 2.45) is 5.92 Å². The number of hydrogen-bond donors (Lipinski definition) is 4. The van der Waals surface area contributed by atoms with Crippen molar-refractivity contribution in [3.63, 3.8) is 0 Å². The third-order valence-electron chi connectivity index (χ3n) is 7.59. The normalized spacial score (nSPS) is 13.5. The summed E-state index contributed by atoms with van der Waals surface area (Å²) in [4.78, 5) is 51.2. The van der Waals surface area contributed by atoms with Crippen molar-refractivity contribution >= 4 is 24.2 Å². The van der Waals surface area contributed by atoms with Gasteiger partial charge in [0.05, 0.1) is 6.61 Å². The van der Waals surface area contributed by atoms with Crippen LogP contribution in [0.1, 0.15) is 50.7 Å². The average Bonchev–Trinajstić information content (AvgIpc) is 3.05. The molecule has 0 fully saturated rings. The Morgan fingerprint density at radius 1 is 0.932 bits per heavy atom. The Kier molecular flexibility index (Phi) is 13.6. The largest absolute Gasteiger partial charge is 0.445 e. The molecular formula is C35H43N3O6. The summed E-state index contributed by atoms with van der Waals surface area (Å²) in [7, 11) is 0. The van der Waals surface area contributed by atoms with E-state index in [0.29, 0.717) is 12.7 Å². The van der Waals surface area contributed by atoms with Crippen LogP contribution < -0.4 is 16.0 Å². The van der Waals surface area contributed by atoms with Gasteiger partial charge in [-0.05, 0) is 35.6 Å². The van der Waals surface area contributed by atoms with E-state index in [0.717, 1.165) is 35.1 Å². The molecule has 44 heavy (non-hydrogen) atoms. The van der Waals surface area contributed by atoms with Crippen LogP contribution in [-0.2, 0) is 32.1 Å². The minimum atomic E-state index is -1.51. The highest BCUT2D eigenvalue weighted by molar-refractivity contribution is 5.86. The van der Waals surface area contributed by atoms with E-state index < -0.39 is 36.1 Å². The molecule has 1 unspecified atom stereocenters. The summed E-state index contributed by atoms with van der Waals surface area (Å²) < 4.78 is 5.20. The Balaban J connectivity index is 1.76. The Morgan fingerprint density at radius 3 is 2.25 bits per heavy atom. The fourth-order valence-corrected chi connectivity index (χ4v) is 5.00. The van der Waals surface area contributed by atoms with Crippen LogP contribution in [-0.4, -0.2) is 54.0 Å². The second-order valence-electron chi connectivity index (χ2n) is 10.9. The summed E-state index contributed by atoms with van der Waals surface area (Å²) in [5, 5.41) is 18.7. The lowest BCUT2D eigenvalue weighted by atomic mass is 9.78. The molecule has 234 valence electrons. The first-order valence-corrected chi connectivity index (χ1v) is 15.1. The van der Waals surface area contributed by atoms with Gasteiger partial charge in [0.2, 0.25) is 11.8 Å². The van der Waals surface area contributed by atoms with Gasteiger partial charge in [-0.25, -0.2) is 4.79 Å². The number of unbranched alkanes of at least 4 members (excludes halogenated alkanes) is 2. The van der Waals surface area contributed by atoms with E-state index >= 15 is 0 Å². The molecule has 0 radical (unpaired) electrons. The van der Waals surface area contributed by atoms with Crippen LogP contribution in [0.4, 0.5) is 4.79 Å². The molecule has 0 saturated carbocycles. The number of benzene rings is 3. The first kappa shape index (κ1) is 34.0. The van der Waals surface area contributed by atoms with Crippen LogP contribution in [0.3, 0.4) is 0 Å². The molecule has 9 nitrogen and oxygen atoms in total. The third kappa shape index (κ3) is 10.1. The second kappa shape index (κ2) is 17.6. The van der Waals surface area contributed by atoms with Crippen LogP contribution in [0.25, 0.3) is 11.1 Å². The number of carbonyl (C=O) groups is 4. The van der Waals surface area contributed by atoms with Gasteiger partial charge in [-0.1, -0.05) is 105 Å². The Hall–Kier alpha value is -4.50. The van der Waals surface area contributed by atoms with E-state index in [1.807, 2.05) is 91.9 Å². The highest BCUT2D eigenvalue weighted by Gasteiger charge is 2.41. The molecule has 0 saturated heterocycles. The number of alkyl carbamates (subject to hydrolysis) is 1. The van der Waals surface area contributed by atoms with Crippen molar-refractivity contribution in [1.29, 1.82) is 0 Å². The van der Waals surface area contributed by atoms with E-state index in [9.17, 15) is 24.3 Å². The maximum Gasteiger partial charge on any atom is 0.408 e. The van der Waals surface area contributed by atoms with Crippen LogP contribution in [0.5, 0.6) is 0 Å². The van der Waals surface area contributed by atoms with Gasteiger partial charge in [-0.15, -0.1) is 0 Å². The number of hydrogen-bond acceptors (Lipinski definition) is 6. The molecular weight excluding hydrogens is 558 g/mol. The van der Waals surface area contributed by atoms with Gasteiger partial charge in [0.15, 0.2) is 0 Å². The van der Waals surface area contributed by atoms with E-state index in [2.05, 4.69) is 16.0 Å². The predicted octanol–water partition coefficient (Wildman–Crippen LogP) is 4.57. The number of rotatable bonds is 17. The summed E-state index contributed by atoms with van der Waals surface area (Å²) in [6, 6.07) is 25.5. The summed E-state index contributed by atoms with van der Waals surface area (Å²) in [6.45, 7) is 2.99. The van der Waals surface area contributed by atoms with Crippen molar-refractivity contribution in [2.45, 2.75) is 64.1 Å². The molecule has 3 aromatic rings. The highest BCUT2D eigenvalue weighted by Crippen LogP contribution is 2.29. The molecule has 0 aromatic heterocycles. The minimum Gasteiger partial charge on any atom is -0.445 e. The smallest absolute Gasteiger partial charge is 0.408 e. The quantitative estimate of drug-likeness (QED) is 0.132. The molecule has 3 amide bonds. The van der Waals surface area contributed by atoms with E-state index in [1.165, 1.54) is 6.92 Å². The molecule has 0 spiro atoms. The monoisotopic (exact) mass is 601 g/mol. The van der Waals surface area contributed by atoms with E-state index in [1.54, 1.807) is 0 Å². The van der Waals surface area contributed by atoms with E-state index in [4.69, 9.17) is 4.74 Å². The first-order chi connectivity index (χ1) is 21.3. The molecule has 9 heteroatoms. The van der Waals surface area contributed by atoms with Crippen molar-refractivity contribution in [1.82, 2.24) is 16.0 Å². The Bertz CT molecular complexity index is 1350. The number of ether oxygens (including phenoxy) is 1. The maximum absolute atomic E-state index is 13.1.